The molecule has 9 aliphatic rings. The first-order valence-electron chi connectivity index (χ1n) is 20.6. The number of fused-ring (bicyclic) bond motifs is 9. The molecule has 0 aromatic heterocycles. The normalized spacial score (nSPS) is 46.6. The third-order valence-electron chi connectivity index (χ3n) is 18.0. The molecule has 13 unspecified atom stereocenters. The van der Waals surface area contributed by atoms with Crippen molar-refractivity contribution in [2.75, 3.05) is 13.7 Å². The third kappa shape index (κ3) is 4.53. The zero-order chi connectivity index (χ0) is 41.3. The van der Waals surface area contributed by atoms with Crippen LogP contribution in [0.2, 0.25) is 0 Å². The molecular formula is C46H54O11. The lowest BCUT2D eigenvalue weighted by molar-refractivity contribution is -0.152. The van der Waals surface area contributed by atoms with Crippen LogP contribution >= 0.6 is 0 Å². The number of aliphatic carboxylic acids is 1. The number of aliphatic hydroxyl groups excluding tert-OH is 1. The van der Waals surface area contributed by atoms with E-state index in [4.69, 9.17) is 14.2 Å². The molecule has 0 bridgehead atoms. The van der Waals surface area contributed by atoms with Crippen LogP contribution in [0.4, 0.5) is 0 Å². The van der Waals surface area contributed by atoms with Crippen LogP contribution in [-0.2, 0) is 43.0 Å². The summed E-state index contributed by atoms with van der Waals surface area (Å²) >= 11 is 0. The van der Waals surface area contributed by atoms with Gasteiger partial charge in [0.1, 0.15) is 0 Å². The average Bonchev–Trinajstić information content (AvgIpc) is 4.02. The van der Waals surface area contributed by atoms with Crippen molar-refractivity contribution in [3.63, 3.8) is 0 Å². The van der Waals surface area contributed by atoms with Crippen molar-refractivity contribution in [3.8, 4) is 0 Å². The largest absolute Gasteiger partial charge is 0.504 e. The maximum Gasteiger partial charge on any atom is 0.317 e. The van der Waals surface area contributed by atoms with E-state index in [9.17, 15) is 39.0 Å². The Balaban J connectivity index is 0.923. The molecule has 304 valence electrons. The minimum Gasteiger partial charge on any atom is -0.504 e. The number of hydrogen-bond acceptors (Lipinski definition) is 10. The lowest BCUT2D eigenvalue weighted by Gasteiger charge is -2.34. The Bertz CT molecular complexity index is 2170. The average molecular weight is 783 g/mol. The van der Waals surface area contributed by atoms with Crippen molar-refractivity contribution < 1.29 is 53.2 Å². The number of carboxylic acids is 1. The highest BCUT2D eigenvalue weighted by Gasteiger charge is 2.69. The predicted molar refractivity (Wildman–Crippen MR) is 203 cm³/mol. The van der Waals surface area contributed by atoms with E-state index in [-0.39, 0.29) is 71.1 Å². The number of hydrogen-bond donors (Lipinski definition) is 2. The van der Waals surface area contributed by atoms with E-state index >= 15 is 0 Å². The standard InChI is InChI=1S/C46H54O11/c1-20-32(47)36(26-11-23-13-41(3,38(51)52)16-28(23)44(20,26)6)56-39(53)42(4)15-24-12-27-37(33(48)21(2)45(27,7)29(24)17-42)57-40(54)43(5)14-22-10-25-34(49)35(50)31(19-55-9)46(25,8)30(22)18-43/h22-25,28-30,50H,1-2,10-19H2,3-9H3,(H,51,52). The molecule has 0 spiro atoms. The van der Waals surface area contributed by atoms with Gasteiger partial charge in [-0.3, -0.25) is 28.8 Å². The van der Waals surface area contributed by atoms with Gasteiger partial charge in [0.2, 0.25) is 17.3 Å². The van der Waals surface area contributed by atoms with E-state index in [1.807, 2.05) is 34.6 Å². The van der Waals surface area contributed by atoms with E-state index in [1.54, 1.807) is 6.92 Å². The van der Waals surface area contributed by atoms with Gasteiger partial charge in [-0.1, -0.05) is 33.9 Å². The number of ether oxygens (including phenoxy) is 3. The van der Waals surface area contributed by atoms with Gasteiger partial charge in [-0.05, 0) is 125 Å². The fourth-order valence-corrected chi connectivity index (χ4v) is 14.7. The Labute approximate surface area is 333 Å². The van der Waals surface area contributed by atoms with Crippen molar-refractivity contribution in [2.45, 2.75) is 99.3 Å². The Morgan fingerprint density at radius 2 is 1.12 bits per heavy atom. The summed E-state index contributed by atoms with van der Waals surface area (Å²) in [5.74, 6) is -3.46. The van der Waals surface area contributed by atoms with E-state index in [0.29, 0.717) is 74.5 Å². The third-order valence-corrected chi connectivity index (χ3v) is 18.0. The Morgan fingerprint density at radius 3 is 1.60 bits per heavy atom. The Morgan fingerprint density at radius 1 is 0.684 bits per heavy atom. The Hall–Kier alpha value is -4.12. The number of carbonyl (C=O) groups is 6. The van der Waals surface area contributed by atoms with Crippen molar-refractivity contribution in [2.24, 2.45) is 73.9 Å². The van der Waals surface area contributed by atoms with Crippen LogP contribution in [0.15, 0.2) is 58.3 Å². The van der Waals surface area contributed by atoms with Crippen LogP contribution in [0.3, 0.4) is 0 Å². The molecule has 6 fully saturated rings. The molecule has 11 nitrogen and oxygen atoms in total. The molecule has 2 N–H and O–H groups in total. The van der Waals surface area contributed by atoms with Crippen molar-refractivity contribution >= 4 is 35.3 Å². The Kier molecular flexibility index (Phi) is 7.77. The monoisotopic (exact) mass is 782 g/mol. The van der Waals surface area contributed by atoms with Crippen LogP contribution in [-0.4, -0.2) is 59.2 Å². The van der Waals surface area contributed by atoms with Crippen LogP contribution < -0.4 is 0 Å². The molecule has 0 heterocycles. The summed E-state index contributed by atoms with van der Waals surface area (Å²) in [4.78, 5) is 81.2. The summed E-state index contributed by atoms with van der Waals surface area (Å²) in [5.41, 5.74) is -2.12. The van der Waals surface area contributed by atoms with Crippen LogP contribution in [0.1, 0.15) is 99.3 Å². The van der Waals surface area contributed by atoms with Crippen LogP contribution in [0.5, 0.6) is 0 Å². The summed E-state index contributed by atoms with van der Waals surface area (Å²) in [6.07, 6.45) is 4.25. The molecular weight excluding hydrogens is 728 g/mol. The van der Waals surface area contributed by atoms with E-state index < -0.39 is 62.0 Å². The van der Waals surface area contributed by atoms with Gasteiger partial charge in [0.05, 0.1) is 22.9 Å². The van der Waals surface area contributed by atoms with Gasteiger partial charge in [0, 0.05) is 46.0 Å². The lowest BCUT2D eigenvalue weighted by atomic mass is 9.69. The molecule has 57 heavy (non-hydrogen) atoms. The topological polar surface area (TPSA) is 171 Å². The second kappa shape index (κ2) is 11.5. The maximum atomic E-state index is 14.2. The van der Waals surface area contributed by atoms with E-state index in [0.717, 1.165) is 11.1 Å². The fourth-order valence-electron chi connectivity index (χ4n) is 14.7. The second-order valence-electron chi connectivity index (χ2n) is 20.8. The minimum atomic E-state index is -0.952. The predicted octanol–water partition coefficient (Wildman–Crippen LogP) is 6.93. The molecule has 0 aromatic carbocycles. The molecule has 0 saturated heterocycles. The van der Waals surface area contributed by atoms with Crippen LogP contribution in [0.25, 0.3) is 0 Å². The molecule has 0 aliphatic heterocycles. The maximum absolute atomic E-state index is 14.2. The number of ketones is 3. The first kappa shape index (κ1) is 38.4. The molecule has 9 rings (SSSR count). The molecule has 0 amide bonds. The summed E-state index contributed by atoms with van der Waals surface area (Å²) in [6.45, 7) is 19.9. The zero-order valence-corrected chi connectivity index (χ0v) is 34.1. The fraction of sp³-hybridized carbons (Fsp3) is 0.652. The van der Waals surface area contributed by atoms with Crippen LogP contribution in [0, 0.1) is 73.9 Å². The molecule has 13 atom stereocenters. The smallest absolute Gasteiger partial charge is 0.317 e. The zero-order valence-electron chi connectivity index (χ0n) is 34.1. The number of Topliss-reactive ketones (excluding diaryl/α,β-unsaturated/α-hetero) is 3. The number of carboxylic acid groups (broad SMARTS) is 1. The highest BCUT2D eigenvalue weighted by molar-refractivity contribution is 6.14. The minimum absolute atomic E-state index is 0.0188. The number of allylic oxidation sites excluding steroid dienone is 5. The SMILES string of the molecule is C=C1C(=O)C(OC(=O)C2(C)CC3CC4=C(OC(=O)C5(C)CC6CC7C(=O)C(O)=C(COC)C7(C)C6C5)C(=O)C(=C)C4(C)C3C2)=C2CC3CC(C)(C(=O)O)CC3C12C. The molecule has 11 heteroatoms. The number of esters is 2. The van der Waals surface area contributed by atoms with Crippen molar-refractivity contribution in [1.29, 1.82) is 0 Å². The van der Waals surface area contributed by atoms with Crippen molar-refractivity contribution in [1.82, 2.24) is 0 Å². The highest BCUT2D eigenvalue weighted by atomic mass is 16.5. The van der Waals surface area contributed by atoms with Gasteiger partial charge in [-0.2, -0.15) is 0 Å². The molecule has 6 saturated carbocycles. The number of carbonyl (C=O) groups excluding carboxylic acids is 5. The second-order valence-corrected chi connectivity index (χ2v) is 20.8. The van der Waals surface area contributed by atoms with Gasteiger partial charge >= 0.3 is 17.9 Å². The van der Waals surface area contributed by atoms with Gasteiger partial charge in [0.25, 0.3) is 0 Å². The summed E-state index contributed by atoms with van der Waals surface area (Å²) in [6, 6.07) is 0. The summed E-state index contributed by atoms with van der Waals surface area (Å²) in [5, 5.41) is 20.7. The first-order valence-corrected chi connectivity index (χ1v) is 20.6. The summed E-state index contributed by atoms with van der Waals surface area (Å²) in [7, 11) is 1.53. The highest BCUT2D eigenvalue weighted by Crippen LogP contribution is 2.71. The molecule has 9 aliphatic carbocycles. The quantitative estimate of drug-likeness (QED) is 0.203. The summed E-state index contributed by atoms with van der Waals surface area (Å²) < 4.78 is 17.7. The van der Waals surface area contributed by atoms with Gasteiger partial charge in [0.15, 0.2) is 17.3 Å². The number of methoxy groups -OCH3 is 1. The molecule has 0 aromatic rings. The van der Waals surface area contributed by atoms with Gasteiger partial charge in [-0.25, -0.2) is 0 Å². The number of rotatable bonds is 7. The van der Waals surface area contributed by atoms with Gasteiger partial charge in [-0.15, -0.1) is 0 Å². The van der Waals surface area contributed by atoms with Gasteiger partial charge < -0.3 is 24.4 Å². The number of aliphatic hydroxyl groups is 1. The van der Waals surface area contributed by atoms with Crippen molar-refractivity contribution in [3.05, 3.63) is 58.3 Å². The lowest BCUT2D eigenvalue weighted by Crippen LogP contribution is -2.34. The van der Waals surface area contributed by atoms with E-state index in [1.165, 1.54) is 7.11 Å². The molecule has 0 radical (unpaired) electrons. The van der Waals surface area contributed by atoms with E-state index in [2.05, 4.69) is 13.2 Å². The first-order chi connectivity index (χ1) is 26.5.